The predicted octanol–water partition coefficient (Wildman–Crippen LogP) is 2.50. The smallest absolute Gasteiger partial charge is 0.224 e. The van der Waals surface area contributed by atoms with Crippen molar-refractivity contribution in [1.29, 1.82) is 0 Å². The van der Waals surface area contributed by atoms with Gasteiger partial charge in [0.05, 0.1) is 5.69 Å². The monoisotopic (exact) mass is 257 g/mol. The number of hydrogen-bond donors (Lipinski definition) is 3. The third-order valence-corrected chi connectivity index (χ3v) is 3.81. The predicted molar refractivity (Wildman–Crippen MR) is 77.1 cm³/mol. The third kappa shape index (κ3) is 2.79. The molecule has 0 aliphatic carbocycles. The van der Waals surface area contributed by atoms with Crippen molar-refractivity contribution < 1.29 is 4.79 Å². The van der Waals surface area contributed by atoms with Crippen LogP contribution in [-0.4, -0.2) is 24.0 Å². The van der Waals surface area contributed by atoms with Gasteiger partial charge in [-0.2, -0.15) is 0 Å². The van der Waals surface area contributed by atoms with Gasteiger partial charge >= 0.3 is 0 Å². The first-order valence-corrected chi connectivity index (χ1v) is 6.89. The van der Waals surface area contributed by atoms with Gasteiger partial charge in [-0.05, 0) is 50.0 Å². The van der Waals surface area contributed by atoms with E-state index in [9.17, 15) is 4.79 Å². The zero-order chi connectivity index (χ0) is 13.1. The van der Waals surface area contributed by atoms with E-state index in [1.54, 1.807) is 0 Å². The average Bonchev–Trinajstić information content (AvgIpc) is 3.08. The highest BCUT2D eigenvalue weighted by molar-refractivity contribution is 6.01. The molecule has 2 aromatic rings. The van der Waals surface area contributed by atoms with E-state index in [0.29, 0.717) is 12.3 Å². The first kappa shape index (κ1) is 12.2. The molecule has 0 saturated carbocycles. The highest BCUT2D eigenvalue weighted by Gasteiger charge is 2.16. The lowest BCUT2D eigenvalue weighted by molar-refractivity contribution is -0.116. The van der Waals surface area contributed by atoms with Crippen molar-refractivity contribution in [3.8, 4) is 0 Å². The molecule has 1 unspecified atom stereocenters. The van der Waals surface area contributed by atoms with Crippen molar-refractivity contribution >= 4 is 22.5 Å². The Labute approximate surface area is 112 Å². The van der Waals surface area contributed by atoms with Crippen LogP contribution >= 0.6 is 0 Å². The van der Waals surface area contributed by atoms with Crippen LogP contribution in [0.15, 0.2) is 30.5 Å². The van der Waals surface area contributed by atoms with E-state index in [2.05, 4.69) is 15.6 Å². The van der Waals surface area contributed by atoms with Gasteiger partial charge in [-0.15, -0.1) is 0 Å². The SMILES string of the molecule is O=C(CCC1CCNC1)Nc1cccc2[nH]ccc12. The number of aromatic amines is 1. The Bertz CT molecular complexity index is 570. The van der Waals surface area contributed by atoms with Gasteiger partial charge in [0.2, 0.25) is 5.91 Å². The Morgan fingerprint density at radius 3 is 3.16 bits per heavy atom. The summed E-state index contributed by atoms with van der Waals surface area (Å²) < 4.78 is 0. The van der Waals surface area contributed by atoms with E-state index in [1.165, 1.54) is 6.42 Å². The maximum atomic E-state index is 12.0. The van der Waals surface area contributed by atoms with Crippen LogP contribution in [0.4, 0.5) is 5.69 Å². The minimum atomic E-state index is 0.112. The molecule has 0 bridgehead atoms. The van der Waals surface area contributed by atoms with Gasteiger partial charge in [0, 0.05) is 23.5 Å². The van der Waals surface area contributed by atoms with Crippen LogP contribution in [0.5, 0.6) is 0 Å². The second-order valence-electron chi connectivity index (χ2n) is 5.19. The van der Waals surface area contributed by atoms with Crippen molar-refractivity contribution in [3.63, 3.8) is 0 Å². The summed E-state index contributed by atoms with van der Waals surface area (Å²) in [5.74, 6) is 0.773. The lowest BCUT2D eigenvalue weighted by atomic mass is 10.0. The fourth-order valence-corrected chi connectivity index (χ4v) is 2.70. The van der Waals surface area contributed by atoms with Crippen LogP contribution in [0.25, 0.3) is 10.9 Å². The van der Waals surface area contributed by atoms with Crippen molar-refractivity contribution in [3.05, 3.63) is 30.5 Å². The Balaban J connectivity index is 1.60. The molecule has 0 radical (unpaired) electrons. The molecule has 19 heavy (non-hydrogen) atoms. The fourth-order valence-electron chi connectivity index (χ4n) is 2.70. The summed E-state index contributed by atoms with van der Waals surface area (Å²) in [6, 6.07) is 7.90. The molecule has 2 heterocycles. The number of benzene rings is 1. The summed E-state index contributed by atoms with van der Waals surface area (Å²) in [6.07, 6.45) is 4.67. The molecule has 1 saturated heterocycles. The van der Waals surface area contributed by atoms with Crippen LogP contribution in [0, 0.1) is 5.92 Å². The molecule has 3 N–H and O–H groups in total. The average molecular weight is 257 g/mol. The number of amides is 1. The molecule has 1 atom stereocenters. The van der Waals surface area contributed by atoms with Crippen LogP contribution in [0.2, 0.25) is 0 Å². The zero-order valence-electron chi connectivity index (χ0n) is 10.9. The Morgan fingerprint density at radius 1 is 1.37 bits per heavy atom. The van der Waals surface area contributed by atoms with Crippen molar-refractivity contribution in [2.75, 3.05) is 18.4 Å². The van der Waals surface area contributed by atoms with Crippen molar-refractivity contribution in [1.82, 2.24) is 10.3 Å². The summed E-state index contributed by atoms with van der Waals surface area (Å²) in [5.41, 5.74) is 1.95. The summed E-state index contributed by atoms with van der Waals surface area (Å²) in [6.45, 7) is 2.15. The van der Waals surface area contributed by atoms with Crippen molar-refractivity contribution in [2.24, 2.45) is 5.92 Å². The van der Waals surface area contributed by atoms with Crippen LogP contribution < -0.4 is 10.6 Å². The van der Waals surface area contributed by atoms with Gasteiger partial charge in [-0.25, -0.2) is 0 Å². The second kappa shape index (κ2) is 5.45. The first-order chi connectivity index (χ1) is 9.33. The first-order valence-electron chi connectivity index (χ1n) is 6.89. The summed E-state index contributed by atoms with van der Waals surface area (Å²) >= 11 is 0. The molecule has 0 spiro atoms. The number of anilines is 1. The van der Waals surface area contributed by atoms with Gasteiger partial charge in [0.25, 0.3) is 0 Å². The molecule has 100 valence electrons. The van der Waals surface area contributed by atoms with Gasteiger partial charge in [0.15, 0.2) is 0 Å². The molecule has 3 rings (SSSR count). The van der Waals surface area contributed by atoms with Gasteiger partial charge in [0.1, 0.15) is 0 Å². The number of nitrogens with one attached hydrogen (secondary N) is 3. The molecule has 1 aliphatic heterocycles. The molecule has 4 nitrogen and oxygen atoms in total. The Hall–Kier alpha value is -1.81. The van der Waals surface area contributed by atoms with Crippen LogP contribution in [-0.2, 0) is 4.79 Å². The van der Waals surface area contributed by atoms with Crippen molar-refractivity contribution in [2.45, 2.75) is 19.3 Å². The van der Waals surface area contributed by atoms with E-state index in [-0.39, 0.29) is 5.91 Å². The normalized spacial score (nSPS) is 18.8. The van der Waals surface area contributed by atoms with E-state index < -0.39 is 0 Å². The molecule has 1 aromatic heterocycles. The third-order valence-electron chi connectivity index (χ3n) is 3.81. The number of carbonyl (C=O) groups is 1. The highest BCUT2D eigenvalue weighted by atomic mass is 16.1. The standard InChI is InChI=1S/C15H19N3O/c19-15(5-4-11-6-8-16-10-11)18-14-3-1-2-13-12(14)7-9-17-13/h1-3,7,9,11,16-17H,4-6,8,10H2,(H,18,19). The summed E-state index contributed by atoms with van der Waals surface area (Å²) in [5, 5.41) is 7.41. The zero-order valence-corrected chi connectivity index (χ0v) is 10.9. The number of fused-ring (bicyclic) bond motifs is 1. The second-order valence-corrected chi connectivity index (χ2v) is 5.19. The summed E-state index contributed by atoms with van der Waals surface area (Å²) in [7, 11) is 0. The fraction of sp³-hybridized carbons (Fsp3) is 0.400. The molecule has 1 aliphatic rings. The van der Waals surface area contributed by atoms with Gasteiger partial charge < -0.3 is 15.6 Å². The minimum absolute atomic E-state index is 0.112. The van der Waals surface area contributed by atoms with Gasteiger partial charge in [-0.1, -0.05) is 6.07 Å². The minimum Gasteiger partial charge on any atom is -0.361 e. The Kier molecular flexibility index (Phi) is 3.51. The largest absolute Gasteiger partial charge is 0.361 e. The van der Waals surface area contributed by atoms with E-state index >= 15 is 0 Å². The number of rotatable bonds is 4. The molecule has 4 heteroatoms. The Morgan fingerprint density at radius 2 is 2.32 bits per heavy atom. The number of aromatic nitrogens is 1. The topological polar surface area (TPSA) is 56.9 Å². The molecular formula is C15H19N3O. The van der Waals surface area contributed by atoms with Crippen LogP contribution in [0.3, 0.4) is 0 Å². The van der Waals surface area contributed by atoms with E-state index in [1.807, 2.05) is 30.5 Å². The van der Waals surface area contributed by atoms with Crippen LogP contribution in [0.1, 0.15) is 19.3 Å². The molecular weight excluding hydrogens is 238 g/mol. The van der Waals surface area contributed by atoms with Gasteiger partial charge in [-0.3, -0.25) is 4.79 Å². The molecule has 1 aromatic carbocycles. The van der Waals surface area contributed by atoms with E-state index in [0.717, 1.165) is 36.1 Å². The number of hydrogen-bond acceptors (Lipinski definition) is 2. The maximum Gasteiger partial charge on any atom is 0.224 e. The van der Waals surface area contributed by atoms with E-state index in [4.69, 9.17) is 0 Å². The lowest BCUT2D eigenvalue weighted by Crippen LogP contribution is -2.15. The maximum absolute atomic E-state index is 12.0. The highest BCUT2D eigenvalue weighted by Crippen LogP contribution is 2.22. The molecule has 1 fully saturated rings. The number of carbonyl (C=O) groups excluding carboxylic acids is 1. The summed E-state index contributed by atoms with van der Waals surface area (Å²) in [4.78, 5) is 15.1. The molecule has 1 amide bonds. The lowest BCUT2D eigenvalue weighted by Gasteiger charge is -2.09. The quantitative estimate of drug-likeness (QED) is 0.788. The number of H-pyrrole nitrogens is 1.